The van der Waals surface area contributed by atoms with E-state index in [0.717, 1.165) is 22.6 Å². The number of esters is 1. The standard InChI is InChI=1S/C26H28N2O4/c1-15(2)32-26(30)23-16(3)28-21-12-19(17-7-9-20(31-4)10-8-17)13-22(29)25(21)24(23)18-6-5-11-27-14-18/h5-11,14-15,19,24,28H,12-13H2,1-4H3/t19-,24-/m1/s1. The summed E-state index contributed by atoms with van der Waals surface area (Å²) < 4.78 is 10.8. The number of ketones is 1. The molecule has 4 rings (SSSR count). The number of carbonyl (C=O) groups is 2. The summed E-state index contributed by atoms with van der Waals surface area (Å²) in [6.07, 6.45) is 4.22. The Balaban J connectivity index is 1.74. The average Bonchev–Trinajstić information content (AvgIpc) is 2.78. The van der Waals surface area contributed by atoms with E-state index in [-0.39, 0.29) is 17.8 Å². The van der Waals surface area contributed by atoms with Gasteiger partial charge in [-0.3, -0.25) is 9.78 Å². The maximum atomic E-state index is 13.5. The van der Waals surface area contributed by atoms with Crippen molar-refractivity contribution in [1.82, 2.24) is 10.3 Å². The number of hydrogen-bond donors (Lipinski definition) is 1. The van der Waals surface area contributed by atoms with Crippen LogP contribution in [0.1, 0.15) is 56.6 Å². The summed E-state index contributed by atoms with van der Waals surface area (Å²) in [6, 6.07) is 11.6. The molecule has 2 aliphatic rings. The maximum Gasteiger partial charge on any atom is 0.337 e. The van der Waals surface area contributed by atoms with E-state index in [2.05, 4.69) is 10.3 Å². The highest BCUT2D eigenvalue weighted by molar-refractivity contribution is 6.04. The van der Waals surface area contributed by atoms with Crippen LogP contribution in [-0.2, 0) is 14.3 Å². The lowest BCUT2D eigenvalue weighted by molar-refractivity contribution is -0.143. The largest absolute Gasteiger partial charge is 0.497 e. The highest BCUT2D eigenvalue weighted by Gasteiger charge is 2.41. The van der Waals surface area contributed by atoms with Crippen LogP contribution in [-0.4, -0.2) is 30.0 Å². The molecule has 1 N–H and O–H groups in total. The smallest absolute Gasteiger partial charge is 0.337 e. The lowest BCUT2D eigenvalue weighted by Crippen LogP contribution is -2.36. The Labute approximate surface area is 188 Å². The van der Waals surface area contributed by atoms with Gasteiger partial charge < -0.3 is 14.8 Å². The molecule has 2 atom stereocenters. The van der Waals surface area contributed by atoms with Gasteiger partial charge in [0.05, 0.1) is 18.8 Å². The predicted octanol–water partition coefficient (Wildman–Crippen LogP) is 4.40. The van der Waals surface area contributed by atoms with Gasteiger partial charge in [0.2, 0.25) is 0 Å². The molecule has 1 aromatic carbocycles. The second kappa shape index (κ2) is 8.99. The van der Waals surface area contributed by atoms with Gasteiger partial charge in [-0.1, -0.05) is 18.2 Å². The molecule has 1 aliphatic carbocycles. The molecule has 2 heterocycles. The molecular formula is C26H28N2O4. The van der Waals surface area contributed by atoms with E-state index in [0.29, 0.717) is 29.7 Å². The summed E-state index contributed by atoms with van der Waals surface area (Å²) in [7, 11) is 1.64. The van der Waals surface area contributed by atoms with Crippen LogP contribution in [0.3, 0.4) is 0 Å². The van der Waals surface area contributed by atoms with E-state index in [4.69, 9.17) is 9.47 Å². The second-order valence-corrected chi connectivity index (χ2v) is 8.53. The van der Waals surface area contributed by atoms with Crippen LogP contribution in [0.15, 0.2) is 71.3 Å². The Kier molecular flexibility index (Phi) is 6.12. The number of dihydropyridines is 1. The van der Waals surface area contributed by atoms with Crippen LogP contribution in [0.2, 0.25) is 0 Å². The number of aromatic nitrogens is 1. The zero-order valence-corrected chi connectivity index (χ0v) is 18.8. The third kappa shape index (κ3) is 4.17. The fourth-order valence-electron chi connectivity index (χ4n) is 4.58. The molecule has 1 aliphatic heterocycles. The van der Waals surface area contributed by atoms with Crippen molar-refractivity contribution in [3.63, 3.8) is 0 Å². The highest BCUT2D eigenvalue weighted by atomic mass is 16.5. The minimum absolute atomic E-state index is 0.0377. The maximum absolute atomic E-state index is 13.5. The van der Waals surface area contributed by atoms with E-state index >= 15 is 0 Å². The van der Waals surface area contributed by atoms with Crippen LogP contribution in [0.5, 0.6) is 5.75 Å². The molecule has 2 aromatic rings. The van der Waals surface area contributed by atoms with Gasteiger partial charge in [-0.05, 0) is 62.4 Å². The summed E-state index contributed by atoms with van der Waals surface area (Å²) in [5, 5.41) is 3.37. The molecule has 6 heteroatoms. The first kappa shape index (κ1) is 21.8. The van der Waals surface area contributed by atoms with E-state index < -0.39 is 11.9 Å². The number of methoxy groups -OCH3 is 1. The van der Waals surface area contributed by atoms with Gasteiger partial charge in [-0.15, -0.1) is 0 Å². The van der Waals surface area contributed by atoms with Crippen molar-refractivity contribution in [3.05, 3.63) is 82.5 Å². The lowest BCUT2D eigenvalue weighted by atomic mass is 9.72. The molecule has 6 nitrogen and oxygen atoms in total. The quantitative estimate of drug-likeness (QED) is 0.706. The molecule has 0 bridgehead atoms. The molecule has 0 spiro atoms. The Morgan fingerprint density at radius 3 is 2.50 bits per heavy atom. The van der Waals surface area contributed by atoms with E-state index in [1.807, 2.05) is 57.2 Å². The zero-order chi connectivity index (χ0) is 22.8. The molecule has 0 amide bonds. The lowest BCUT2D eigenvalue weighted by Gasteiger charge is -2.36. The average molecular weight is 433 g/mol. The topological polar surface area (TPSA) is 77.5 Å². The first-order valence-electron chi connectivity index (χ1n) is 10.9. The number of nitrogens with zero attached hydrogens (tertiary/aromatic N) is 1. The summed E-state index contributed by atoms with van der Waals surface area (Å²) in [6.45, 7) is 5.50. The number of carbonyl (C=O) groups excluding carboxylic acids is 2. The molecule has 0 unspecified atom stereocenters. The molecule has 1 aromatic heterocycles. The van der Waals surface area contributed by atoms with Crippen molar-refractivity contribution in [2.24, 2.45) is 0 Å². The summed E-state index contributed by atoms with van der Waals surface area (Å²) >= 11 is 0. The predicted molar refractivity (Wildman–Crippen MR) is 121 cm³/mol. The number of benzene rings is 1. The van der Waals surface area contributed by atoms with Crippen molar-refractivity contribution in [3.8, 4) is 5.75 Å². The zero-order valence-electron chi connectivity index (χ0n) is 18.8. The first-order valence-corrected chi connectivity index (χ1v) is 10.9. The molecule has 0 saturated heterocycles. The fourth-order valence-corrected chi connectivity index (χ4v) is 4.58. The van der Waals surface area contributed by atoms with Crippen molar-refractivity contribution in [2.75, 3.05) is 7.11 Å². The Bertz CT molecular complexity index is 1080. The third-order valence-electron chi connectivity index (χ3n) is 6.00. The van der Waals surface area contributed by atoms with Gasteiger partial charge in [0.1, 0.15) is 5.75 Å². The Morgan fingerprint density at radius 1 is 1.12 bits per heavy atom. The Morgan fingerprint density at radius 2 is 1.88 bits per heavy atom. The highest BCUT2D eigenvalue weighted by Crippen LogP contribution is 2.45. The number of Topliss-reactive ketones (excluding diaryl/α,β-unsaturated/α-hetero) is 1. The summed E-state index contributed by atoms with van der Waals surface area (Å²) in [5.41, 5.74) is 4.61. The van der Waals surface area contributed by atoms with Crippen molar-refractivity contribution < 1.29 is 19.1 Å². The van der Waals surface area contributed by atoms with Crippen molar-refractivity contribution in [1.29, 1.82) is 0 Å². The number of hydrogen-bond acceptors (Lipinski definition) is 6. The number of pyridine rings is 1. The van der Waals surface area contributed by atoms with Crippen LogP contribution in [0, 0.1) is 0 Å². The van der Waals surface area contributed by atoms with Gasteiger partial charge in [-0.25, -0.2) is 4.79 Å². The number of allylic oxidation sites excluding steroid dienone is 3. The normalized spacial score (nSPS) is 20.7. The first-order chi connectivity index (χ1) is 15.4. The van der Waals surface area contributed by atoms with Crippen LogP contribution >= 0.6 is 0 Å². The number of ether oxygens (including phenoxy) is 2. The van der Waals surface area contributed by atoms with Gasteiger partial charge in [0.15, 0.2) is 5.78 Å². The van der Waals surface area contributed by atoms with E-state index in [1.165, 1.54) is 0 Å². The van der Waals surface area contributed by atoms with Crippen molar-refractivity contribution >= 4 is 11.8 Å². The van der Waals surface area contributed by atoms with Gasteiger partial charge >= 0.3 is 5.97 Å². The monoisotopic (exact) mass is 432 g/mol. The number of nitrogens with one attached hydrogen (secondary N) is 1. The SMILES string of the molecule is COc1ccc([C@H]2CC(=O)C3=C(C2)NC(C)=C(C(=O)OC(C)C)[C@H]3c2cccnc2)cc1. The van der Waals surface area contributed by atoms with Gasteiger partial charge in [0, 0.05) is 41.7 Å². The summed E-state index contributed by atoms with van der Waals surface area (Å²) in [5.74, 6) is -0.0109. The molecule has 166 valence electrons. The van der Waals surface area contributed by atoms with Crippen LogP contribution in [0.25, 0.3) is 0 Å². The van der Waals surface area contributed by atoms with Gasteiger partial charge in [-0.2, -0.15) is 0 Å². The van der Waals surface area contributed by atoms with Crippen LogP contribution in [0.4, 0.5) is 0 Å². The molecule has 0 fully saturated rings. The van der Waals surface area contributed by atoms with E-state index in [1.54, 1.807) is 19.5 Å². The second-order valence-electron chi connectivity index (χ2n) is 8.53. The fraction of sp³-hybridized carbons (Fsp3) is 0.346. The summed E-state index contributed by atoms with van der Waals surface area (Å²) in [4.78, 5) is 30.8. The third-order valence-corrected chi connectivity index (χ3v) is 6.00. The molecule has 0 saturated carbocycles. The van der Waals surface area contributed by atoms with E-state index in [9.17, 15) is 9.59 Å². The molecule has 0 radical (unpaired) electrons. The molecule has 32 heavy (non-hydrogen) atoms. The van der Waals surface area contributed by atoms with Gasteiger partial charge in [0.25, 0.3) is 0 Å². The minimum atomic E-state index is -0.490. The Hall–Kier alpha value is -3.41. The minimum Gasteiger partial charge on any atom is -0.497 e. The number of rotatable bonds is 5. The molecular weight excluding hydrogens is 404 g/mol. The van der Waals surface area contributed by atoms with Crippen molar-refractivity contribution in [2.45, 2.75) is 51.6 Å². The van der Waals surface area contributed by atoms with Crippen LogP contribution < -0.4 is 10.1 Å².